The van der Waals surface area contributed by atoms with Crippen molar-refractivity contribution in [2.75, 3.05) is 12.4 Å². The number of benzene rings is 3. The van der Waals surface area contributed by atoms with E-state index >= 15 is 0 Å². The standard InChI is InChI=1S/C22H22N2O4S/c1-15-13-18(14-16(2)21(15)25)23-22(17-7-5-4-6-8-17)24-29(26,27)20-11-9-19(28-3)10-12-20/h4-14,25H,1-3H3,(H,23,24). The lowest BCUT2D eigenvalue weighted by Gasteiger charge is -2.13. The van der Waals surface area contributed by atoms with Gasteiger partial charge in [-0.25, -0.2) is 0 Å². The first-order chi connectivity index (χ1) is 13.8. The minimum Gasteiger partial charge on any atom is -0.507 e. The van der Waals surface area contributed by atoms with Gasteiger partial charge < -0.3 is 15.2 Å². The highest BCUT2D eigenvalue weighted by Gasteiger charge is 2.16. The number of nitrogens with one attached hydrogen (secondary N) is 1. The van der Waals surface area contributed by atoms with E-state index in [1.807, 2.05) is 6.07 Å². The normalized spacial score (nSPS) is 11.9. The fourth-order valence-electron chi connectivity index (χ4n) is 2.83. The lowest BCUT2D eigenvalue weighted by atomic mass is 10.1. The molecule has 3 rings (SSSR count). The molecule has 0 spiro atoms. The molecule has 0 unspecified atom stereocenters. The van der Waals surface area contributed by atoms with Gasteiger partial charge in [-0.15, -0.1) is 4.40 Å². The Bertz CT molecular complexity index is 1120. The van der Waals surface area contributed by atoms with Gasteiger partial charge in [-0.1, -0.05) is 30.3 Å². The molecule has 0 aliphatic heterocycles. The SMILES string of the molecule is COc1ccc(S(=O)(=O)N=C(Nc2cc(C)c(O)c(C)c2)c2ccccc2)cc1. The van der Waals surface area contributed by atoms with Crippen LogP contribution in [0.25, 0.3) is 0 Å². The highest BCUT2D eigenvalue weighted by molar-refractivity contribution is 7.90. The number of aryl methyl sites for hydroxylation is 2. The Balaban J connectivity index is 2.06. The molecule has 0 heterocycles. The third kappa shape index (κ3) is 4.75. The Hall–Kier alpha value is -3.32. The van der Waals surface area contributed by atoms with Crippen molar-refractivity contribution in [3.63, 3.8) is 0 Å². The Kier molecular flexibility index (Phi) is 5.89. The van der Waals surface area contributed by atoms with Gasteiger partial charge in [0.05, 0.1) is 12.0 Å². The summed E-state index contributed by atoms with van der Waals surface area (Å²) in [6, 6.07) is 18.5. The number of hydrogen-bond donors (Lipinski definition) is 2. The summed E-state index contributed by atoms with van der Waals surface area (Å²) >= 11 is 0. The number of ether oxygens (including phenoxy) is 1. The molecule has 0 amide bonds. The van der Waals surface area contributed by atoms with Gasteiger partial charge in [0, 0.05) is 11.3 Å². The number of sulfonamides is 1. The number of anilines is 1. The van der Waals surface area contributed by atoms with Crippen LogP contribution < -0.4 is 10.1 Å². The van der Waals surface area contributed by atoms with Gasteiger partial charge in [-0.05, 0) is 61.4 Å². The molecule has 0 aromatic heterocycles. The second kappa shape index (κ2) is 8.36. The first-order valence-corrected chi connectivity index (χ1v) is 10.4. The van der Waals surface area contributed by atoms with Gasteiger partial charge in [-0.3, -0.25) is 0 Å². The molecule has 3 aromatic rings. The highest BCUT2D eigenvalue weighted by atomic mass is 32.2. The molecule has 29 heavy (non-hydrogen) atoms. The van der Waals surface area contributed by atoms with Crippen LogP contribution in [-0.2, 0) is 10.0 Å². The van der Waals surface area contributed by atoms with E-state index in [0.717, 1.165) is 0 Å². The molecular weight excluding hydrogens is 388 g/mol. The number of rotatable bonds is 5. The molecule has 2 N–H and O–H groups in total. The third-order valence-electron chi connectivity index (χ3n) is 4.37. The molecule has 0 saturated carbocycles. The predicted molar refractivity (Wildman–Crippen MR) is 114 cm³/mol. The van der Waals surface area contributed by atoms with E-state index in [0.29, 0.717) is 28.1 Å². The van der Waals surface area contributed by atoms with Gasteiger partial charge in [-0.2, -0.15) is 8.42 Å². The van der Waals surface area contributed by atoms with Crippen molar-refractivity contribution < 1.29 is 18.3 Å². The van der Waals surface area contributed by atoms with Crippen LogP contribution in [-0.4, -0.2) is 26.5 Å². The molecular formula is C22H22N2O4S. The molecule has 0 atom stereocenters. The summed E-state index contributed by atoms with van der Waals surface area (Å²) in [6.07, 6.45) is 0. The van der Waals surface area contributed by atoms with Crippen molar-refractivity contribution in [2.45, 2.75) is 18.7 Å². The molecule has 150 valence electrons. The number of nitrogens with zero attached hydrogens (tertiary/aromatic N) is 1. The summed E-state index contributed by atoms with van der Waals surface area (Å²) in [4.78, 5) is 0.0617. The monoisotopic (exact) mass is 410 g/mol. The number of phenolic OH excluding ortho intramolecular Hbond substituents is 1. The summed E-state index contributed by atoms with van der Waals surface area (Å²) in [5, 5.41) is 13.1. The van der Waals surface area contributed by atoms with Gasteiger partial charge >= 0.3 is 0 Å². The zero-order valence-electron chi connectivity index (χ0n) is 16.4. The molecule has 0 saturated heterocycles. The van der Waals surface area contributed by atoms with Crippen LogP contribution >= 0.6 is 0 Å². The minimum absolute atomic E-state index is 0.0617. The molecule has 7 heteroatoms. The van der Waals surface area contributed by atoms with E-state index in [4.69, 9.17) is 4.74 Å². The minimum atomic E-state index is -3.96. The van der Waals surface area contributed by atoms with E-state index in [-0.39, 0.29) is 16.5 Å². The van der Waals surface area contributed by atoms with Crippen LogP contribution in [0.1, 0.15) is 16.7 Å². The summed E-state index contributed by atoms with van der Waals surface area (Å²) in [7, 11) is -2.45. The molecule has 0 aliphatic rings. The van der Waals surface area contributed by atoms with Gasteiger partial charge in [0.2, 0.25) is 0 Å². The van der Waals surface area contributed by atoms with Crippen molar-refractivity contribution in [3.05, 3.63) is 83.4 Å². The summed E-state index contributed by atoms with van der Waals surface area (Å²) in [5.41, 5.74) is 2.61. The first kappa shape index (κ1) is 20.4. The Morgan fingerprint density at radius 1 is 0.966 bits per heavy atom. The van der Waals surface area contributed by atoms with Crippen LogP contribution in [0.3, 0.4) is 0 Å². The largest absolute Gasteiger partial charge is 0.507 e. The van der Waals surface area contributed by atoms with E-state index in [1.165, 1.54) is 19.2 Å². The number of phenols is 1. The fraction of sp³-hybridized carbons (Fsp3) is 0.136. The Morgan fingerprint density at radius 2 is 1.55 bits per heavy atom. The van der Waals surface area contributed by atoms with Gasteiger partial charge in [0.1, 0.15) is 11.5 Å². The van der Waals surface area contributed by atoms with E-state index in [9.17, 15) is 13.5 Å². The zero-order valence-corrected chi connectivity index (χ0v) is 17.2. The number of methoxy groups -OCH3 is 1. The third-order valence-corrected chi connectivity index (χ3v) is 5.66. The first-order valence-electron chi connectivity index (χ1n) is 8.92. The summed E-state index contributed by atoms with van der Waals surface area (Å²) in [6.45, 7) is 3.56. The van der Waals surface area contributed by atoms with Gasteiger partial charge in [0.15, 0.2) is 5.84 Å². The smallest absolute Gasteiger partial charge is 0.284 e. The lowest BCUT2D eigenvalue weighted by Crippen LogP contribution is -2.16. The Morgan fingerprint density at radius 3 is 2.10 bits per heavy atom. The maximum Gasteiger partial charge on any atom is 0.284 e. The highest BCUT2D eigenvalue weighted by Crippen LogP contribution is 2.26. The zero-order chi connectivity index (χ0) is 21.0. The molecule has 0 radical (unpaired) electrons. The van der Waals surface area contributed by atoms with E-state index in [2.05, 4.69) is 9.71 Å². The van der Waals surface area contributed by atoms with Crippen LogP contribution in [0.5, 0.6) is 11.5 Å². The van der Waals surface area contributed by atoms with Gasteiger partial charge in [0.25, 0.3) is 10.0 Å². The van der Waals surface area contributed by atoms with E-state index in [1.54, 1.807) is 62.4 Å². The molecule has 6 nitrogen and oxygen atoms in total. The van der Waals surface area contributed by atoms with Crippen molar-refractivity contribution in [1.82, 2.24) is 0 Å². The van der Waals surface area contributed by atoms with Crippen molar-refractivity contribution >= 4 is 21.5 Å². The average molecular weight is 410 g/mol. The molecule has 0 aliphatic carbocycles. The molecule has 0 bridgehead atoms. The maximum absolute atomic E-state index is 12.9. The Labute approximate surface area is 170 Å². The number of hydrogen-bond acceptors (Lipinski definition) is 4. The maximum atomic E-state index is 12.9. The molecule has 3 aromatic carbocycles. The van der Waals surface area contributed by atoms with Crippen LogP contribution in [0.4, 0.5) is 5.69 Å². The quantitative estimate of drug-likeness (QED) is 0.373. The van der Waals surface area contributed by atoms with E-state index < -0.39 is 10.0 Å². The van der Waals surface area contributed by atoms with Crippen molar-refractivity contribution in [3.8, 4) is 11.5 Å². The number of amidine groups is 1. The van der Waals surface area contributed by atoms with Crippen LogP contribution in [0.15, 0.2) is 76.0 Å². The second-order valence-corrected chi connectivity index (χ2v) is 8.14. The van der Waals surface area contributed by atoms with Crippen LogP contribution in [0, 0.1) is 13.8 Å². The number of aromatic hydroxyl groups is 1. The van der Waals surface area contributed by atoms with Crippen molar-refractivity contribution in [2.24, 2.45) is 4.40 Å². The average Bonchev–Trinajstić information content (AvgIpc) is 2.72. The second-order valence-electron chi connectivity index (χ2n) is 6.54. The fourth-order valence-corrected chi connectivity index (χ4v) is 3.81. The topological polar surface area (TPSA) is 88.0 Å². The van der Waals surface area contributed by atoms with Crippen LogP contribution in [0.2, 0.25) is 0 Å². The summed E-state index contributed by atoms with van der Waals surface area (Å²) in [5.74, 6) is 0.954. The predicted octanol–water partition coefficient (Wildman–Crippen LogP) is 4.27. The van der Waals surface area contributed by atoms with Crippen molar-refractivity contribution in [1.29, 1.82) is 0 Å². The molecule has 0 fully saturated rings. The lowest BCUT2D eigenvalue weighted by molar-refractivity contribution is 0.414. The summed E-state index contributed by atoms with van der Waals surface area (Å²) < 4.78 is 34.9.